The summed E-state index contributed by atoms with van der Waals surface area (Å²) in [7, 11) is 0. The van der Waals surface area contributed by atoms with Crippen LogP contribution in [0.5, 0.6) is 0 Å². The summed E-state index contributed by atoms with van der Waals surface area (Å²) >= 11 is 6.24. The number of Topliss-reactive ketones (excluding diaryl/α,β-unsaturated/α-hetero) is 1. The number of allylic oxidation sites excluding steroid dienone is 1. The molecule has 1 amide bonds. The predicted octanol–water partition coefficient (Wildman–Crippen LogP) is 4.03. The molecule has 3 N–H and O–H groups in total. The Kier molecular flexibility index (Phi) is 3.18. The van der Waals surface area contributed by atoms with Crippen LogP contribution in [0.1, 0.15) is 24.8 Å². The smallest absolute Gasteiger partial charge is 0.259 e. The fraction of sp³-hybridized carbons (Fsp3) is 0.200. The molecule has 1 aliphatic carbocycles. The normalized spacial score (nSPS) is 23.4. The average Bonchev–Trinajstić information content (AvgIpc) is 2.80. The third-order valence-corrected chi connectivity index (χ3v) is 5.53. The standard InChI is InChI=1S/C20H16ClN3O2/c21-11-8-9-13-12(10-11)20(19(26)23-13)18-16(6-3-7-17(18)25)22-14-4-1-2-5-15(14)24-20/h1-2,4-5,8-10,22,24H,3,6-7H2,(H,23,26). The molecule has 1 atom stereocenters. The van der Waals surface area contributed by atoms with E-state index in [4.69, 9.17) is 11.6 Å². The number of hydrogen-bond donors (Lipinski definition) is 3. The van der Waals surface area contributed by atoms with Crippen LogP contribution in [-0.4, -0.2) is 11.7 Å². The van der Waals surface area contributed by atoms with E-state index in [1.165, 1.54) is 0 Å². The fourth-order valence-corrected chi connectivity index (χ4v) is 4.35. The van der Waals surface area contributed by atoms with Crippen molar-refractivity contribution in [2.24, 2.45) is 0 Å². The van der Waals surface area contributed by atoms with Gasteiger partial charge in [-0.1, -0.05) is 23.7 Å². The van der Waals surface area contributed by atoms with E-state index in [-0.39, 0.29) is 11.7 Å². The molecule has 3 aliphatic rings. The van der Waals surface area contributed by atoms with E-state index >= 15 is 0 Å². The van der Waals surface area contributed by atoms with Gasteiger partial charge in [0.2, 0.25) is 0 Å². The molecule has 130 valence electrons. The summed E-state index contributed by atoms with van der Waals surface area (Å²) in [6.07, 6.45) is 1.93. The summed E-state index contributed by atoms with van der Waals surface area (Å²) in [5, 5.41) is 10.2. The summed E-state index contributed by atoms with van der Waals surface area (Å²) < 4.78 is 0. The van der Waals surface area contributed by atoms with Crippen molar-refractivity contribution in [1.29, 1.82) is 0 Å². The molecular weight excluding hydrogens is 350 g/mol. The molecule has 26 heavy (non-hydrogen) atoms. The Balaban J connectivity index is 1.85. The number of para-hydroxylation sites is 2. The van der Waals surface area contributed by atoms with E-state index in [1.807, 2.05) is 24.3 Å². The number of halogens is 1. The Morgan fingerprint density at radius 2 is 1.73 bits per heavy atom. The molecule has 0 radical (unpaired) electrons. The van der Waals surface area contributed by atoms with Gasteiger partial charge in [0.25, 0.3) is 5.91 Å². The minimum absolute atomic E-state index is 0.0120. The van der Waals surface area contributed by atoms with Crippen molar-refractivity contribution < 1.29 is 9.59 Å². The Labute approximate surface area is 155 Å². The van der Waals surface area contributed by atoms with Gasteiger partial charge in [-0.15, -0.1) is 0 Å². The lowest BCUT2D eigenvalue weighted by atomic mass is 9.76. The Morgan fingerprint density at radius 1 is 0.923 bits per heavy atom. The topological polar surface area (TPSA) is 70.2 Å². The number of nitrogens with one attached hydrogen (secondary N) is 3. The van der Waals surface area contributed by atoms with E-state index in [0.29, 0.717) is 28.3 Å². The van der Waals surface area contributed by atoms with Gasteiger partial charge in [0, 0.05) is 28.4 Å². The number of fused-ring (bicyclic) bond motifs is 4. The van der Waals surface area contributed by atoms with Crippen LogP contribution < -0.4 is 16.0 Å². The Hall–Kier alpha value is -2.79. The van der Waals surface area contributed by atoms with E-state index in [0.717, 1.165) is 29.9 Å². The van der Waals surface area contributed by atoms with Crippen molar-refractivity contribution in [1.82, 2.24) is 0 Å². The highest BCUT2D eigenvalue weighted by atomic mass is 35.5. The molecule has 5 rings (SSSR count). The van der Waals surface area contributed by atoms with Gasteiger partial charge in [-0.05, 0) is 43.2 Å². The molecule has 1 unspecified atom stereocenters. The van der Waals surface area contributed by atoms with Gasteiger partial charge in [0.05, 0.1) is 16.9 Å². The maximum Gasteiger partial charge on any atom is 0.259 e. The monoisotopic (exact) mass is 365 g/mol. The lowest BCUT2D eigenvalue weighted by Gasteiger charge is -2.33. The molecule has 2 heterocycles. The third-order valence-electron chi connectivity index (χ3n) is 5.30. The van der Waals surface area contributed by atoms with Crippen LogP contribution >= 0.6 is 11.6 Å². The van der Waals surface area contributed by atoms with Crippen molar-refractivity contribution >= 4 is 40.4 Å². The second kappa shape index (κ2) is 5.35. The number of carbonyl (C=O) groups excluding carboxylic acids is 2. The maximum absolute atomic E-state index is 13.3. The zero-order chi connectivity index (χ0) is 17.9. The van der Waals surface area contributed by atoms with Crippen LogP contribution in [0.3, 0.4) is 0 Å². The molecule has 0 aromatic heterocycles. The van der Waals surface area contributed by atoms with Crippen molar-refractivity contribution in [2.45, 2.75) is 24.8 Å². The molecule has 2 aromatic carbocycles. The van der Waals surface area contributed by atoms with Crippen molar-refractivity contribution in [3.05, 3.63) is 64.3 Å². The van der Waals surface area contributed by atoms with E-state index in [9.17, 15) is 9.59 Å². The molecule has 0 fully saturated rings. The van der Waals surface area contributed by atoms with E-state index < -0.39 is 5.54 Å². The average molecular weight is 366 g/mol. The molecule has 5 nitrogen and oxygen atoms in total. The van der Waals surface area contributed by atoms with Crippen LogP contribution in [0.4, 0.5) is 17.1 Å². The second-order valence-electron chi connectivity index (χ2n) is 6.82. The molecule has 6 heteroatoms. The number of hydrogen-bond acceptors (Lipinski definition) is 4. The number of rotatable bonds is 0. The van der Waals surface area contributed by atoms with Crippen LogP contribution in [0.25, 0.3) is 0 Å². The van der Waals surface area contributed by atoms with Crippen LogP contribution in [0.2, 0.25) is 5.02 Å². The third kappa shape index (κ3) is 1.98. The lowest BCUT2D eigenvalue weighted by Crippen LogP contribution is -2.47. The molecule has 2 aromatic rings. The van der Waals surface area contributed by atoms with Crippen LogP contribution in [0.15, 0.2) is 53.7 Å². The highest BCUT2D eigenvalue weighted by Crippen LogP contribution is 2.50. The van der Waals surface area contributed by atoms with Crippen molar-refractivity contribution in [3.8, 4) is 0 Å². The fourth-order valence-electron chi connectivity index (χ4n) is 4.18. The first-order chi connectivity index (χ1) is 12.6. The summed E-state index contributed by atoms with van der Waals surface area (Å²) in [4.78, 5) is 26.2. The van der Waals surface area contributed by atoms with Gasteiger partial charge in [-0.3, -0.25) is 9.59 Å². The first kappa shape index (κ1) is 15.5. The maximum atomic E-state index is 13.3. The van der Waals surface area contributed by atoms with Crippen molar-refractivity contribution in [2.75, 3.05) is 16.0 Å². The Bertz CT molecular complexity index is 1010. The zero-order valence-corrected chi connectivity index (χ0v) is 14.6. The Morgan fingerprint density at radius 3 is 2.58 bits per heavy atom. The molecular formula is C20H16ClN3O2. The molecule has 0 saturated carbocycles. The van der Waals surface area contributed by atoms with Gasteiger partial charge < -0.3 is 16.0 Å². The minimum Gasteiger partial charge on any atom is -0.362 e. The molecule has 1 spiro atoms. The molecule has 2 aliphatic heterocycles. The summed E-state index contributed by atoms with van der Waals surface area (Å²) in [5.41, 5.74) is 3.03. The minimum atomic E-state index is -1.27. The molecule has 0 bridgehead atoms. The highest BCUT2D eigenvalue weighted by molar-refractivity contribution is 6.31. The SMILES string of the molecule is O=C1CCCC2=C1C1(Nc3ccccc3N2)C(=O)Nc2ccc(Cl)cc21. The van der Waals surface area contributed by atoms with Crippen LogP contribution in [-0.2, 0) is 15.1 Å². The van der Waals surface area contributed by atoms with Gasteiger partial charge in [0.1, 0.15) is 0 Å². The van der Waals surface area contributed by atoms with E-state index in [2.05, 4.69) is 16.0 Å². The summed E-state index contributed by atoms with van der Waals surface area (Å²) in [6.45, 7) is 0. The number of anilines is 3. The lowest BCUT2D eigenvalue weighted by molar-refractivity contribution is -0.122. The largest absolute Gasteiger partial charge is 0.362 e. The van der Waals surface area contributed by atoms with Gasteiger partial charge in [-0.25, -0.2) is 0 Å². The number of ketones is 1. The zero-order valence-electron chi connectivity index (χ0n) is 13.9. The molecule has 0 saturated heterocycles. The predicted molar refractivity (Wildman–Crippen MR) is 101 cm³/mol. The van der Waals surface area contributed by atoms with Gasteiger partial charge in [0.15, 0.2) is 11.3 Å². The first-order valence-electron chi connectivity index (χ1n) is 8.62. The highest BCUT2D eigenvalue weighted by Gasteiger charge is 2.54. The van der Waals surface area contributed by atoms with Crippen LogP contribution in [0, 0.1) is 0 Å². The number of benzene rings is 2. The second-order valence-corrected chi connectivity index (χ2v) is 7.26. The number of carbonyl (C=O) groups is 2. The van der Waals surface area contributed by atoms with Crippen molar-refractivity contribution in [3.63, 3.8) is 0 Å². The van der Waals surface area contributed by atoms with E-state index in [1.54, 1.807) is 18.2 Å². The summed E-state index contributed by atoms with van der Waals surface area (Å²) in [6, 6.07) is 13.0. The summed E-state index contributed by atoms with van der Waals surface area (Å²) in [5.74, 6) is -0.266. The number of amides is 1. The first-order valence-corrected chi connectivity index (χ1v) is 9.00. The van der Waals surface area contributed by atoms with Gasteiger partial charge in [-0.2, -0.15) is 0 Å². The quantitative estimate of drug-likeness (QED) is 0.659. The van der Waals surface area contributed by atoms with Gasteiger partial charge >= 0.3 is 0 Å².